The van der Waals surface area contributed by atoms with Crippen molar-refractivity contribution in [2.45, 2.75) is 78.4 Å². The molecule has 0 aliphatic carbocycles. The van der Waals surface area contributed by atoms with E-state index in [-0.39, 0.29) is 54.7 Å². The highest BCUT2D eigenvalue weighted by Gasteiger charge is 2.32. The van der Waals surface area contributed by atoms with Gasteiger partial charge in [-0.05, 0) is 79.6 Å². The number of rotatable bonds is 20. The molecule has 2 heterocycles. The number of aromatic nitrogens is 6. The summed E-state index contributed by atoms with van der Waals surface area (Å²) in [6, 6.07) is 21.3. The number of aliphatic hydroxyl groups is 1. The van der Waals surface area contributed by atoms with Crippen LogP contribution in [-0.2, 0) is 44.3 Å². The van der Waals surface area contributed by atoms with E-state index in [9.17, 15) is 14.7 Å². The zero-order valence-electron chi connectivity index (χ0n) is 32.3. The molecule has 0 amide bonds. The van der Waals surface area contributed by atoms with Gasteiger partial charge in [0.05, 0.1) is 30.6 Å². The number of carbonyl (C=O) groups is 2. The van der Waals surface area contributed by atoms with Crippen LogP contribution in [0.5, 0.6) is 5.75 Å². The molecular formula is C38H46N8O12. The lowest BCUT2D eigenvalue weighted by Crippen LogP contribution is -2.23. The van der Waals surface area contributed by atoms with Crippen LogP contribution >= 0.6 is 0 Å². The van der Waals surface area contributed by atoms with Crippen LogP contribution < -0.4 is 4.74 Å². The van der Waals surface area contributed by atoms with E-state index < -0.39 is 29.3 Å². The van der Waals surface area contributed by atoms with Crippen LogP contribution in [0, 0.1) is 0 Å². The molecule has 20 heteroatoms. The first-order valence-corrected chi connectivity index (χ1v) is 18.3. The Bertz CT molecular complexity index is 2100. The molecule has 2 aromatic heterocycles. The molecule has 0 saturated carbocycles. The highest BCUT2D eigenvalue weighted by Crippen LogP contribution is 2.31. The van der Waals surface area contributed by atoms with Crippen molar-refractivity contribution in [3.8, 4) is 28.3 Å². The largest absolute Gasteiger partial charge is 0.515 e. The number of ether oxygens (including phenoxy) is 3. The summed E-state index contributed by atoms with van der Waals surface area (Å²) < 4.78 is 17.9. The second-order valence-electron chi connectivity index (χ2n) is 13.5. The summed E-state index contributed by atoms with van der Waals surface area (Å²) in [5, 5.41) is 57.8. The fraction of sp³-hybridized carbons (Fsp3) is 0.368. The summed E-state index contributed by atoms with van der Waals surface area (Å²) in [5.74, 6) is 0.453. The lowest BCUT2D eigenvalue weighted by molar-refractivity contribution is -0.497. The maximum atomic E-state index is 13.5. The average Bonchev–Trinajstić information content (AvgIpc) is 3.82. The molecule has 0 fully saturated rings. The molecule has 0 spiro atoms. The molecule has 0 radical (unpaired) electrons. The summed E-state index contributed by atoms with van der Waals surface area (Å²) in [6.07, 6.45) is 0.112. The first-order chi connectivity index (χ1) is 27.7. The van der Waals surface area contributed by atoms with Gasteiger partial charge in [0.25, 0.3) is 0 Å². The van der Waals surface area contributed by atoms with Crippen LogP contribution in [-0.4, -0.2) is 91.8 Å². The Hall–Kier alpha value is -5.68. The fourth-order valence-electron chi connectivity index (χ4n) is 5.78. The lowest BCUT2D eigenvalue weighted by Gasteiger charge is -2.18. The predicted molar refractivity (Wildman–Crippen MR) is 199 cm³/mol. The van der Waals surface area contributed by atoms with Gasteiger partial charge >= 0.3 is 12.1 Å². The Balaban J connectivity index is 1.28. The van der Waals surface area contributed by atoms with Crippen molar-refractivity contribution < 1.29 is 59.4 Å². The second-order valence-corrected chi connectivity index (χ2v) is 13.5. The average molecular weight is 807 g/mol. The number of unbranched alkanes of at least 4 members (excludes halogenated alkanes) is 1. The van der Waals surface area contributed by atoms with E-state index in [1.54, 1.807) is 37.5 Å². The second kappa shape index (κ2) is 20.1. The third-order valence-electron chi connectivity index (χ3n) is 8.54. The maximum Gasteiger partial charge on any atom is 0.515 e. The Labute approximate surface area is 332 Å². The topological polar surface area (TPSA) is 249 Å². The maximum absolute atomic E-state index is 13.5. The van der Waals surface area contributed by atoms with Crippen LogP contribution in [0.3, 0.4) is 0 Å². The zero-order chi connectivity index (χ0) is 41.8. The summed E-state index contributed by atoms with van der Waals surface area (Å²) in [7, 11) is 0. The molecule has 5 N–H and O–H groups in total. The quantitative estimate of drug-likeness (QED) is 0.0277. The molecule has 0 aliphatic rings. The van der Waals surface area contributed by atoms with Gasteiger partial charge in [0, 0.05) is 18.5 Å². The molecule has 0 aliphatic heterocycles. The van der Waals surface area contributed by atoms with E-state index in [0.29, 0.717) is 36.2 Å². The molecule has 0 bridgehead atoms. The van der Waals surface area contributed by atoms with Gasteiger partial charge in [-0.1, -0.05) is 67.6 Å². The first kappa shape index (κ1) is 43.4. The Kier molecular flexibility index (Phi) is 15.1. The van der Waals surface area contributed by atoms with Gasteiger partial charge in [0.15, 0.2) is 5.69 Å². The van der Waals surface area contributed by atoms with Gasteiger partial charge in [-0.3, -0.25) is 25.7 Å². The number of carbonyl (C=O) groups excluding carboxylic acids is 2. The van der Waals surface area contributed by atoms with Crippen LogP contribution in [0.4, 0.5) is 4.79 Å². The lowest BCUT2D eigenvalue weighted by atomic mass is 9.98. The van der Waals surface area contributed by atoms with Gasteiger partial charge < -0.3 is 23.9 Å². The number of esters is 1. The van der Waals surface area contributed by atoms with E-state index >= 15 is 0 Å². The van der Waals surface area contributed by atoms with E-state index in [2.05, 4.69) is 25.1 Å². The van der Waals surface area contributed by atoms with Crippen LogP contribution in [0.1, 0.15) is 86.3 Å². The van der Waals surface area contributed by atoms with Gasteiger partial charge in [-0.2, -0.15) is 0 Å². The van der Waals surface area contributed by atoms with Crippen molar-refractivity contribution in [3.63, 3.8) is 0 Å². The Morgan fingerprint density at radius 1 is 0.862 bits per heavy atom. The van der Waals surface area contributed by atoms with Crippen molar-refractivity contribution in [1.82, 2.24) is 40.5 Å². The predicted octanol–water partition coefficient (Wildman–Crippen LogP) is 5.63. The molecule has 58 heavy (non-hydrogen) atoms. The number of benzene rings is 3. The normalized spacial score (nSPS) is 12.3. The van der Waals surface area contributed by atoms with Gasteiger partial charge in [0.1, 0.15) is 22.9 Å². The zero-order valence-corrected chi connectivity index (χ0v) is 32.3. The van der Waals surface area contributed by atoms with Crippen molar-refractivity contribution in [2.24, 2.45) is 0 Å². The fourth-order valence-corrected chi connectivity index (χ4v) is 5.78. The van der Waals surface area contributed by atoms with E-state index in [1.807, 2.05) is 55.5 Å². The molecule has 5 aromatic rings. The van der Waals surface area contributed by atoms with Crippen LogP contribution in [0.15, 0.2) is 72.8 Å². The highest BCUT2D eigenvalue weighted by atomic mass is 17.1. The number of hydrogen-bond donors (Lipinski definition) is 5. The number of aryl methyl sites for hydroxylation is 1. The minimum atomic E-state index is -1.44. The third kappa shape index (κ3) is 11.9. The number of tetrazole rings is 1. The van der Waals surface area contributed by atoms with Gasteiger partial charge in [-0.25, -0.2) is 19.4 Å². The number of nitrogens with zero attached hydrogens (tertiary/aromatic N) is 8. The van der Waals surface area contributed by atoms with Crippen LogP contribution in [0.2, 0.25) is 0 Å². The monoisotopic (exact) mass is 806 g/mol. The molecular weight excluding hydrogens is 760 g/mol. The van der Waals surface area contributed by atoms with Crippen molar-refractivity contribution in [1.29, 1.82) is 0 Å². The summed E-state index contributed by atoms with van der Waals surface area (Å²) in [6.45, 7) is 6.88. The van der Waals surface area contributed by atoms with Crippen molar-refractivity contribution >= 4 is 12.1 Å². The SMILES string of the molecule is CCCc1nc(C(C)(C)O)c(C(=O)OCCCCON(O)O)n1Cc1ccc(-c2ccccc2-c2nnn(C(C)OC(=O)Oc3ccc(CON(O)O)cc3)n2)cc1. The number of hydrogen-bond acceptors (Lipinski definition) is 18. The smallest absolute Gasteiger partial charge is 0.461 e. The van der Waals surface area contributed by atoms with Crippen LogP contribution in [0.25, 0.3) is 22.5 Å². The molecule has 3 aromatic carbocycles. The standard InChI is InChI=1S/C38H46N8O12/c1-5-10-32-39-34(38(3,4)49)33(36(47)54-21-8-9-22-55-45(50)51)43(32)23-26-13-17-28(18-14-26)30-11-6-7-12-31(30)35-40-42-44(41-35)25(2)57-37(48)58-29-19-15-27(16-20-29)24-56-46(52)53/h6-7,11-20,25,49-53H,5,8-10,21-24H2,1-4H3. The Morgan fingerprint density at radius 3 is 2.17 bits per heavy atom. The summed E-state index contributed by atoms with van der Waals surface area (Å²) in [4.78, 5) is 41.0. The highest BCUT2D eigenvalue weighted by molar-refractivity contribution is 5.89. The van der Waals surface area contributed by atoms with Gasteiger partial charge in [0.2, 0.25) is 12.1 Å². The summed E-state index contributed by atoms with van der Waals surface area (Å²) >= 11 is 0. The van der Waals surface area contributed by atoms with Gasteiger partial charge in [-0.15, -0.1) is 15.0 Å². The molecule has 20 nitrogen and oxygen atoms in total. The molecule has 0 saturated heterocycles. The van der Waals surface area contributed by atoms with Crippen molar-refractivity contribution in [2.75, 3.05) is 13.2 Å². The van der Waals surface area contributed by atoms with E-state index in [4.69, 9.17) is 40.0 Å². The molecule has 1 atom stereocenters. The molecule has 310 valence electrons. The minimum absolute atomic E-state index is 0.0121. The summed E-state index contributed by atoms with van der Waals surface area (Å²) in [5.41, 5.74) is 2.69. The number of imidazole rings is 1. The first-order valence-electron chi connectivity index (χ1n) is 18.3. The van der Waals surface area contributed by atoms with Crippen molar-refractivity contribution in [3.05, 3.63) is 101 Å². The Morgan fingerprint density at radius 2 is 1.52 bits per heavy atom. The van der Waals surface area contributed by atoms with E-state index in [0.717, 1.165) is 27.9 Å². The molecule has 1 unspecified atom stereocenters. The molecule has 5 rings (SSSR count). The third-order valence-corrected chi connectivity index (χ3v) is 8.54. The minimum Gasteiger partial charge on any atom is -0.461 e. The van der Waals surface area contributed by atoms with E-state index in [1.165, 1.54) is 12.1 Å².